The maximum Gasteiger partial charge on any atom is 0.0620 e. The van der Waals surface area contributed by atoms with E-state index in [1.165, 1.54) is 11.1 Å². The molecular weight excluding hydrogens is 172 g/mol. The van der Waals surface area contributed by atoms with Crippen molar-refractivity contribution >= 4 is 0 Å². The van der Waals surface area contributed by atoms with Gasteiger partial charge in [-0.2, -0.15) is 0 Å². The fraction of sp³-hybridized carbons (Fsp3) is 0.538. The van der Waals surface area contributed by atoms with E-state index in [-0.39, 0.29) is 11.5 Å². The Hall–Kier alpha value is -0.820. The van der Waals surface area contributed by atoms with Crippen molar-refractivity contribution in [3.8, 4) is 0 Å². The number of benzene rings is 1. The number of hydrogen-bond acceptors (Lipinski definition) is 1. The van der Waals surface area contributed by atoms with E-state index in [1.807, 2.05) is 0 Å². The topological polar surface area (TPSA) is 20.2 Å². The molecule has 3 rings (SSSR count). The van der Waals surface area contributed by atoms with Crippen LogP contribution in [0, 0.1) is 5.41 Å². The monoisotopic (exact) mass is 188 g/mol. The molecule has 1 nitrogen and oxygen atoms in total. The summed E-state index contributed by atoms with van der Waals surface area (Å²) >= 11 is 0. The van der Waals surface area contributed by atoms with Crippen LogP contribution in [0.3, 0.4) is 0 Å². The number of fused-ring (bicyclic) bond motifs is 5. The van der Waals surface area contributed by atoms with Gasteiger partial charge in [-0.15, -0.1) is 0 Å². The molecule has 0 amide bonds. The summed E-state index contributed by atoms with van der Waals surface area (Å²) in [5.41, 5.74) is 3.12. The second-order valence-electron chi connectivity index (χ2n) is 5.28. The smallest absolute Gasteiger partial charge is 0.0620 e. The van der Waals surface area contributed by atoms with Crippen LogP contribution < -0.4 is 0 Å². The summed E-state index contributed by atoms with van der Waals surface area (Å²) in [6.07, 6.45) is 0.833. The summed E-state index contributed by atoms with van der Waals surface area (Å²) in [6.45, 7) is 4.58. The van der Waals surface area contributed by atoms with Crippen LogP contribution in [0.5, 0.6) is 0 Å². The predicted molar refractivity (Wildman–Crippen MR) is 56.3 cm³/mol. The molecule has 1 fully saturated rings. The Morgan fingerprint density at radius 2 is 1.86 bits per heavy atom. The Morgan fingerprint density at radius 1 is 1.21 bits per heavy atom. The second-order valence-corrected chi connectivity index (χ2v) is 5.28. The molecule has 2 aliphatic carbocycles. The number of aliphatic hydroxyl groups excluding tert-OH is 1. The maximum absolute atomic E-state index is 10.0. The summed E-state index contributed by atoms with van der Waals surface area (Å²) in [6, 6.07) is 8.61. The highest BCUT2D eigenvalue weighted by Gasteiger charge is 2.55. The van der Waals surface area contributed by atoms with E-state index >= 15 is 0 Å². The first kappa shape index (κ1) is 8.49. The van der Waals surface area contributed by atoms with Crippen molar-refractivity contribution in [3.63, 3.8) is 0 Å². The van der Waals surface area contributed by atoms with Crippen LogP contribution in [-0.2, 0) is 0 Å². The summed E-state index contributed by atoms with van der Waals surface area (Å²) < 4.78 is 0. The van der Waals surface area contributed by atoms with Crippen LogP contribution in [0.25, 0.3) is 0 Å². The van der Waals surface area contributed by atoms with Crippen LogP contribution in [0.4, 0.5) is 0 Å². The normalized spacial score (nSPS) is 37.2. The van der Waals surface area contributed by atoms with Gasteiger partial charge < -0.3 is 5.11 Å². The van der Waals surface area contributed by atoms with Gasteiger partial charge in [0, 0.05) is 5.92 Å². The minimum atomic E-state index is -0.120. The van der Waals surface area contributed by atoms with Gasteiger partial charge >= 0.3 is 0 Å². The summed E-state index contributed by atoms with van der Waals surface area (Å²) in [4.78, 5) is 0. The molecule has 1 N–H and O–H groups in total. The quantitative estimate of drug-likeness (QED) is 0.663. The third kappa shape index (κ3) is 0.795. The Bertz CT molecular complexity index is 381. The average Bonchev–Trinajstić information content (AvgIpc) is 2.50. The van der Waals surface area contributed by atoms with E-state index in [2.05, 4.69) is 38.1 Å². The van der Waals surface area contributed by atoms with Gasteiger partial charge in [0.25, 0.3) is 0 Å². The minimum Gasteiger partial charge on any atom is -0.392 e. The Morgan fingerprint density at radius 3 is 2.57 bits per heavy atom. The molecule has 0 saturated heterocycles. The highest BCUT2D eigenvalue weighted by Crippen LogP contribution is 2.64. The lowest BCUT2D eigenvalue weighted by atomic mass is 9.80. The van der Waals surface area contributed by atoms with Gasteiger partial charge in [-0.1, -0.05) is 38.1 Å². The zero-order valence-electron chi connectivity index (χ0n) is 8.70. The molecule has 3 atom stereocenters. The molecule has 0 aromatic heterocycles. The van der Waals surface area contributed by atoms with Crippen LogP contribution in [0.2, 0.25) is 0 Å². The molecule has 74 valence electrons. The molecule has 1 saturated carbocycles. The standard InChI is InChI=1S/C13H16O/c1-13(2)10-7-11(14)12(13)9-6-4-3-5-8(9)10/h3-6,10-12,14H,7H2,1-2H3. The lowest BCUT2D eigenvalue weighted by molar-refractivity contribution is 0.140. The molecule has 2 aliphatic rings. The van der Waals surface area contributed by atoms with Crippen molar-refractivity contribution in [1.29, 1.82) is 0 Å². The van der Waals surface area contributed by atoms with E-state index in [0.29, 0.717) is 11.8 Å². The second kappa shape index (κ2) is 2.40. The first-order valence-electron chi connectivity index (χ1n) is 5.39. The van der Waals surface area contributed by atoms with Gasteiger partial charge in [0.2, 0.25) is 0 Å². The largest absolute Gasteiger partial charge is 0.392 e. The SMILES string of the molecule is CC1(C)C2CC(O)C1c1ccccc12. The predicted octanol–water partition coefficient (Wildman–Crippen LogP) is 2.66. The van der Waals surface area contributed by atoms with Gasteiger partial charge in [-0.3, -0.25) is 0 Å². The maximum atomic E-state index is 10.0. The molecule has 0 aliphatic heterocycles. The van der Waals surface area contributed by atoms with Crippen molar-refractivity contribution < 1.29 is 5.11 Å². The van der Waals surface area contributed by atoms with Gasteiger partial charge in [0.05, 0.1) is 6.10 Å². The van der Waals surface area contributed by atoms with Gasteiger partial charge in [0.1, 0.15) is 0 Å². The zero-order chi connectivity index (χ0) is 9.92. The summed E-state index contributed by atoms with van der Waals surface area (Å²) in [7, 11) is 0. The van der Waals surface area contributed by atoms with Crippen LogP contribution in [-0.4, -0.2) is 11.2 Å². The molecule has 2 bridgehead atoms. The minimum absolute atomic E-state index is 0.120. The van der Waals surface area contributed by atoms with Crippen molar-refractivity contribution in [1.82, 2.24) is 0 Å². The van der Waals surface area contributed by atoms with Crippen LogP contribution in [0.15, 0.2) is 24.3 Å². The Balaban J connectivity index is 2.22. The fourth-order valence-corrected chi connectivity index (χ4v) is 3.64. The van der Waals surface area contributed by atoms with E-state index in [0.717, 1.165) is 6.42 Å². The fourth-order valence-electron chi connectivity index (χ4n) is 3.64. The van der Waals surface area contributed by atoms with Crippen molar-refractivity contribution in [3.05, 3.63) is 35.4 Å². The third-order valence-electron chi connectivity index (χ3n) is 4.27. The zero-order valence-corrected chi connectivity index (χ0v) is 8.70. The highest BCUT2D eigenvalue weighted by atomic mass is 16.3. The Kier molecular flexibility index (Phi) is 1.46. The van der Waals surface area contributed by atoms with Crippen molar-refractivity contribution in [2.75, 3.05) is 0 Å². The number of aliphatic hydroxyl groups is 1. The number of hydrogen-bond donors (Lipinski definition) is 1. The van der Waals surface area contributed by atoms with Gasteiger partial charge in [0.15, 0.2) is 0 Å². The average molecular weight is 188 g/mol. The molecule has 14 heavy (non-hydrogen) atoms. The van der Waals surface area contributed by atoms with E-state index in [4.69, 9.17) is 0 Å². The van der Waals surface area contributed by atoms with E-state index in [1.54, 1.807) is 0 Å². The van der Waals surface area contributed by atoms with Crippen molar-refractivity contribution in [2.24, 2.45) is 5.41 Å². The Labute approximate surface area is 84.8 Å². The number of rotatable bonds is 0. The van der Waals surface area contributed by atoms with Gasteiger partial charge in [-0.05, 0) is 28.9 Å². The van der Waals surface area contributed by atoms with Crippen molar-refractivity contribution in [2.45, 2.75) is 38.2 Å². The van der Waals surface area contributed by atoms with E-state index < -0.39 is 0 Å². The molecule has 1 heteroatoms. The molecule has 0 heterocycles. The molecule has 3 unspecified atom stereocenters. The molecule has 0 radical (unpaired) electrons. The van der Waals surface area contributed by atoms with Crippen LogP contribution in [0.1, 0.15) is 43.2 Å². The van der Waals surface area contributed by atoms with Crippen LogP contribution >= 0.6 is 0 Å². The summed E-state index contributed by atoms with van der Waals surface area (Å²) in [5.74, 6) is 0.933. The molecular formula is C13H16O. The summed E-state index contributed by atoms with van der Waals surface area (Å²) in [5, 5.41) is 10.0. The molecule has 1 aromatic rings. The first-order chi connectivity index (χ1) is 6.62. The third-order valence-corrected chi connectivity index (χ3v) is 4.27. The molecule has 1 aromatic carbocycles. The molecule has 0 spiro atoms. The lowest BCUT2D eigenvalue weighted by Gasteiger charge is -2.25. The highest BCUT2D eigenvalue weighted by molar-refractivity contribution is 5.46. The van der Waals surface area contributed by atoms with Gasteiger partial charge in [-0.25, -0.2) is 0 Å². The lowest BCUT2D eigenvalue weighted by Crippen LogP contribution is -2.20. The van der Waals surface area contributed by atoms with E-state index in [9.17, 15) is 5.11 Å². The first-order valence-corrected chi connectivity index (χ1v) is 5.39.